The van der Waals surface area contributed by atoms with Crippen LogP contribution < -0.4 is 19.5 Å². The van der Waals surface area contributed by atoms with Crippen LogP contribution in [-0.2, 0) is 6.54 Å². The molecule has 2 aromatic carbocycles. The minimum Gasteiger partial charge on any atom is -0.493 e. The van der Waals surface area contributed by atoms with E-state index in [0.717, 1.165) is 22.6 Å². The minimum atomic E-state index is -0.104. The van der Waals surface area contributed by atoms with E-state index >= 15 is 0 Å². The molecule has 1 heterocycles. The Bertz CT molecular complexity index is 1050. The van der Waals surface area contributed by atoms with Crippen molar-refractivity contribution in [1.82, 2.24) is 14.9 Å². The number of carbonyl (C=O) groups excluding carboxylic acids is 1. The SMILES string of the molecule is COc1cc(CN(C)C(=O)c2ccc(Nc3nc(C)cc(C)n3)cc2)cc(OC)c1OC. The van der Waals surface area contributed by atoms with Gasteiger partial charge in [0, 0.05) is 36.2 Å². The lowest BCUT2D eigenvalue weighted by Gasteiger charge is -2.20. The highest BCUT2D eigenvalue weighted by Crippen LogP contribution is 2.38. The summed E-state index contributed by atoms with van der Waals surface area (Å²) in [6.45, 7) is 4.23. The van der Waals surface area contributed by atoms with Crippen LogP contribution in [0.15, 0.2) is 42.5 Å². The van der Waals surface area contributed by atoms with Crippen molar-refractivity contribution in [2.24, 2.45) is 0 Å². The Morgan fingerprint density at radius 2 is 1.47 bits per heavy atom. The first-order valence-electron chi connectivity index (χ1n) is 10.1. The van der Waals surface area contributed by atoms with E-state index in [1.807, 2.05) is 44.2 Å². The first kappa shape index (κ1) is 22.9. The summed E-state index contributed by atoms with van der Waals surface area (Å²) in [5.74, 6) is 2.04. The van der Waals surface area contributed by atoms with Crippen molar-refractivity contribution in [1.29, 1.82) is 0 Å². The molecule has 0 aliphatic carbocycles. The fourth-order valence-electron chi connectivity index (χ4n) is 3.40. The monoisotopic (exact) mass is 436 g/mol. The molecule has 0 atom stereocenters. The second-order valence-corrected chi connectivity index (χ2v) is 7.37. The molecule has 0 unspecified atom stereocenters. The number of benzene rings is 2. The second-order valence-electron chi connectivity index (χ2n) is 7.37. The lowest BCUT2D eigenvalue weighted by atomic mass is 10.1. The van der Waals surface area contributed by atoms with Crippen LogP contribution in [0.3, 0.4) is 0 Å². The number of carbonyl (C=O) groups is 1. The third-order valence-corrected chi connectivity index (χ3v) is 4.86. The van der Waals surface area contributed by atoms with Crippen LogP contribution in [0.2, 0.25) is 0 Å². The van der Waals surface area contributed by atoms with Gasteiger partial charge in [0.15, 0.2) is 11.5 Å². The smallest absolute Gasteiger partial charge is 0.253 e. The Morgan fingerprint density at radius 3 is 1.97 bits per heavy atom. The number of amides is 1. The number of ether oxygens (including phenoxy) is 3. The second kappa shape index (κ2) is 10.00. The Labute approximate surface area is 188 Å². The highest BCUT2D eigenvalue weighted by Gasteiger charge is 2.17. The summed E-state index contributed by atoms with van der Waals surface area (Å²) in [6, 6.07) is 12.8. The van der Waals surface area contributed by atoms with E-state index in [-0.39, 0.29) is 5.91 Å². The number of hydrogen-bond donors (Lipinski definition) is 1. The number of methoxy groups -OCH3 is 3. The van der Waals surface area contributed by atoms with Crippen molar-refractivity contribution in [2.45, 2.75) is 20.4 Å². The van der Waals surface area contributed by atoms with Gasteiger partial charge in [0.2, 0.25) is 11.7 Å². The van der Waals surface area contributed by atoms with Gasteiger partial charge in [0.05, 0.1) is 21.3 Å². The van der Waals surface area contributed by atoms with Gasteiger partial charge in [-0.3, -0.25) is 4.79 Å². The molecule has 0 fully saturated rings. The van der Waals surface area contributed by atoms with Gasteiger partial charge in [-0.15, -0.1) is 0 Å². The summed E-state index contributed by atoms with van der Waals surface area (Å²) < 4.78 is 16.2. The first-order valence-corrected chi connectivity index (χ1v) is 10.1. The molecule has 3 rings (SSSR count). The lowest BCUT2D eigenvalue weighted by molar-refractivity contribution is 0.0785. The molecule has 1 amide bonds. The molecule has 3 aromatic rings. The lowest BCUT2D eigenvalue weighted by Crippen LogP contribution is -2.26. The Balaban J connectivity index is 1.72. The van der Waals surface area contributed by atoms with E-state index in [9.17, 15) is 4.79 Å². The molecule has 168 valence electrons. The maximum atomic E-state index is 12.9. The van der Waals surface area contributed by atoms with E-state index in [2.05, 4.69) is 15.3 Å². The number of aryl methyl sites for hydroxylation is 2. The summed E-state index contributed by atoms with van der Waals surface area (Å²) in [4.78, 5) is 23.3. The first-order chi connectivity index (χ1) is 15.3. The highest BCUT2D eigenvalue weighted by molar-refractivity contribution is 5.94. The van der Waals surface area contributed by atoms with Crippen molar-refractivity contribution in [2.75, 3.05) is 33.7 Å². The van der Waals surface area contributed by atoms with E-state index in [4.69, 9.17) is 14.2 Å². The van der Waals surface area contributed by atoms with Gasteiger partial charge in [-0.1, -0.05) is 0 Å². The fraction of sp³-hybridized carbons (Fsp3) is 0.292. The third-order valence-electron chi connectivity index (χ3n) is 4.86. The van der Waals surface area contributed by atoms with Crippen LogP contribution in [0.5, 0.6) is 17.2 Å². The average molecular weight is 437 g/mol. The third kappa shape index (κ3) is 5.26. The van der Waals surface area contributed by atoms with Crippen molar-refractivity contribution in [3.63, 3.8) is 0 Å². The molecule has 1 aromatic heterocycles. The number of hydrogen-bond acceptors (Lipinski definition) is 7. The van der Waals surface area contributed by atoms with Crippen LogP contribution in [0, 0.1) is 13.8 Å². The molecule has 0 saturated carbocycles. The van der Waals surface area contributed by atoms with E-state index in [1.54, 1.807) is 45.4 Å². The van der Waals surface area contributed by atoms with E-state index < -0.39 is 0 Å². The highest BCUT2D eigenvalue weighted by atomic mass is 16.5. The number of rotatable bonds is 8. The largest absolute Gasteiger partial charge is 0.493 e. The van der Waals surface area contributed by atoms with Gasteiger partial charge < -0.3 is 24.4 Å². The fourth-order valence-corrected chi connectivity index (χ4v) is 3.40. The van der Waals surface area contributed by atoms with Crippen LogP contribution >= 0.6 is 0 Å². The Hall–Kier alpha value is -3.81. The number of nitrogens with zero attached hydrogens (tertiary/aromatic N) is 3. The summed E-state index contributed by atoms with van der Waals surface area (Å²) in [7, 11) is 6.44. The molecular weight excluding hydrogens is 408 g/mol. The molecule has 8 nitrogen and oxygen atoms in total. The standard InChI is InChI=1S/C24H28N4O4/c1-15-11-16(2)26-24(25-15)27-19-9-7-18(8-10-19)23(29)28(3)14-17-12-20(30-4)22(32-6)21(13-17)31-5/h7-13H,14H2,1-6H3,(H,25,26,27). The van der Waals surface area contributed by atoms with Gasteiger partial charge in [0.25, 0.3) is 5.91 Å². The van der Waals surface area contributed by atoms with Gasteiger partial charge >= 0.3 is 0 Å². The zero-order valence-corrected chi connectivity index (χ0v) is 19.2. The molecule has 8 heteroatoms. The Kier molecular flexibility index (Phi) is 7.14. The Morgan fingerprint density at radius 1 is 0.906 bits per heavy atom. The van der Waals surface area contributed by atoms with Crippen LogP contribution in [0.1, 0.15) is 27.3 Å². The van der Waals surface area contributed by atoms with Gasteiger partial charge in [0.1, 0.15) is 0 Å². The van der Waals surface area contributed by atoms with Crippen LogP contribution in [0.25, 0.3) is 0 Å². The molecule has 0 radical (unpaired) electrons. The van der Waals surface area contributed by atoms with Crippen molar-refractivity contribution < 1.29 is 19.0 Å². The van der Waals surface area contributed by atoms with Gasteiger partial charge in [-0.2, -0.15) is 0 Å². The molecular formula is C24H28N4O4. The van der Waals surface area contributed by atoms with Crippen molar-refractivity contribution >= 4 is 17.5 Å². The maximum absolute atomic E-state index is 12.9. The maximum Gasteiger partial charge on any atom is 0.253 e. The van der Waals surface area contributed by atoms with E-state index in [0.29, 0.717) is 35.3 Å². The quantitative estimate of drug-likeness (QED) is 0.568. The normalized spacial score (nSPS) is 10.4. The van der Waals surface area contributed by atoms with Crippen molar-refractivity contribution in [3.05, 3.63) is 65.0 Å². The predicted octanol–water partition coefficient (Wildman–Crippen LogP) is 4.14. The van der Waals surface area contributed by atoms with Gasteiger partial charge in [-0.25, -0.2) is 9.97 Å². The van der Waals surface area contributed by atoms with Crippen LogP contribution in [0.4, 0.5) is 11.6 Å². The van der Waals surface area contributed by atoms with Gasteiger partial charge in [-0.05, 0) is 61.9 Å². The summed E-state index contributed by atoms with van der Waals surface area (Å²) in [6.07, 6.45) is 0. The predicted molar refractivity (Wildman–Crippen MR) is 123 cm³/mol. The number of aromatic nitrogens is 2. The van der Waals surface area contributed by atoms with Crippen LogP contribution in [-0.4, -0.2) is 49.2 Å². The molecule has 0 spiro atoms. The van der Waals surface area contributed by atoms with E-state index in [1.165, 1.54) is 0 Å². The molecule has 1 N–H and O–H groups in total. The topological polar surface area (TPSA) is 85.8 Å². The minimum absolute atomic E-state index is 0.104. The molecule has 0 aliphatic rings. The number of nitrogens with one attached hydrogen (secondary N) is 1. The number of anilines is 2. The summed E-state index contributed by atoms with van der Waals surface area (Å²) in [5, 5.41) is 3.17. The zero-order chi connectivity index (χ0) is 23.3. The molecule has 0 bridgehead atoms. The zero-order valence-electron chi connectivity index (χ0n) is 19.2. The molecule has 0 saturated heterocycles. The molecule has 32 heavy (non-hydrogen) atoms. The summed E-state index contributed by atoms with van der Waals surface area (Å²) >= 11 is 0. The van der Waals surface area contributed by atoms with Crippen molar-refractivity contribution in [3.8, 4) is 17.2 Å². The summed E-state index contributed by atoms with van der Waals surface area (Å²) in [5.41, 5.74) is 4.02. The average Bonchev–Trinajstić information content (AvgIpc) is 2.77. The molecule has 0 aliphatic heterocycles.